The number of amides is 1. The normalized spacial score (nSPS) is 36.9. The molecule has 7 rings (SSSR count). The molecule has 1 unspecified atom stereocenters. The van der Waals surface area contributed by atoms with Crippen molar-refractivity contribution in [3.63, 3.8) is 0 Å². The van der Waals surface area contributed by atoms with Gasteiger partial charge in [0.1, 0.15) is 35.8 Å². The molecule has 5 heterocycles. The summed E-state index contributed by atoms with van der Waals surface area (Å²) >= 11 is 0. The minimum atomic E-state index is -1.86. The third kappa shape index (κ3) is 17.0. The molecule has 1 amide bonds. The van der Waals surface area contributed by atoms with E-state index in [1.807, 2.05) is 71.1 Å². The smallest absolute Gasteiger partial charge is 0.414 e. The lowest BCUT2D eigenvalue weighted by Crippen LogP contribution is -2.60. The average molecular weight is 1200 g/mol. The lowest BCUT2D eigenvalue weighted by molar-refractivity contribution is -0.310. The van der Waals surface area contributed by atoms with Crippen molar-refractivity contribution in [2.45, 2.75) is 217 Å². The number of likely N-dealkylation sites (N-methyl/N-ethyl adjacent to an activating group) is 1. The van der Waals surface area contributed by atoms with E-state index in [1.54, 1.807) is 53.7 Å². The Morgan fingerprint density at radius 3 is 2.22 bits per heavy atom. The van der Waals surface area contributed by atoms with Crippen LogP contribution in [0.4, 0.5) is 14.9 Å². The third-order valence-corrected chi connectivity index (χ3v) is 18.3. The molecule has 21 heteroatoms. The van der Waals surface area contributed by atoms with Gasteiger partial charge in [0.15, 0.2) is 24.8 Å². The molecule has 0 aliphatic carbocycles. The molecule has 0 aromatic heterocycles. The van der Waals surface area contributed by atoms with Crippen molar-refractivity contribution in [2.75, 3.05) is 65.9 Å². The second-order valence-electron chi connectivity index (χ2n) is 25.7. The van der Waals surface area contributed by atoms with E-state index in [-0.39, 0.29) is 63.3 Å². The Bertz CT molecular complexity index is 2590. The fraction of sp³-hybridized carbons (Fsp3) is 0.719. The number of benzene rings is 2. The number of carbonyl (C=O) groups is 4. The van der Waals surface area contributed by atoms with Crippen LogP contribution in [0.5, 0.6) is 0 Å². The minimum Gasteiger partial charge on any atom is -0.462 e. The number of aliphatic hydroxyl groups is 3. The molecule has 5 aliphatic heterocycles. The first-order chi connectivity index (χ1) is 40.0. The Labute approximate surface area is 502 Å². The van der Waals surface area contributed by atoms with Gasteiger partial charge in [-0.1, -0.05) is 57.2 Å². The maximum atomic E-state index is 15.6. The summed E-state index contributed by atoms with van der Waals surface area (Å²) in [7, 11) is 7.33. The number of ether oxygens (including phenoxy) is 9. The number of cyclic esters (lactones) is 2. The number of hydrogen-bond acceptors (Lipinski definition) is 19. The van der Waals surface area contributed by atoms with Crippen LogP contribution in [0.25, 0.3) is 5.57 Å². The van der Waals surface area contributed by atoms with Gasteiger partial charge in [-0.15, -0.1) is 0 Å². The highest BCUT2D eigenvalue weighted by Crippen LogP contribution is 2.41. The maximum absolute atomic E-state index is 15.6. The number of methoxy groups -OCH3 is 1. The van der Waals surface area contributed by atoms with Crippen LogP contribution in [0.2, 0.25) is 0 Å². The van der Waals surface area contributed by atoms with E-state index in [0.717, 1.165) is 25.1 Å². The van der Waals surface area contributed by atoms with Gasteiger partial charge in [-0.2, -0.15) is 0 Å². The number of esters is 3. The number of nitrogens with zero attached hydrogens (tertiary/aromatic N) is 4. The zero-order valence-corrected chi connectivity index (χ0v) is 52.6. The summed E-state index contributed by atoms with van der Waals surface area (Å²) in [6.07, 6.45) is -6.17. The highest BCUT2D eigenvalue weighted by atomic mass is 19.1. The summed E-state index contributed by atoms with van der Waals surface area (Å²) in [6, 6.07) is 14.4. The van der Waals surface area contributed by atoms with Crippen molar-refractivity contribution in [1.82, 2.24) is 14.7 Å². The Balaban J connectivity index is 0.986. The fourth-order valence-corrected chi connectivity index (χ4v) is 13.2. The summed E-state index contributed by atoms with van der Waals surface area (Å²) in [4.78, 5) is 61.9. The molecule has 20 nitrogen and oxygen atoms in total. The fourth-order valence-electron chi connectivity index (χ4n) is 13.2. The van der Waals surface area contributed by atoms with Crippen molar-refractivity contribution in [3.8, 4) is 0 Å². The standard InChI is InChI=1S/C64H97FN4O16/c1-15-51-64(10,76)57(72)42(6)67(13)34-38(2)32-62(8,75)58(85-54-31-47(66(11)12)29-39(3)79-54)40(4)56(41(5)60(73)82-51)84-55-33-63(9,77-14)59(43(7)80-55)83-53(71)24-23-52(70)78-37-48-36-69(61(74)81-48)46-21-22-49(50(65)30-46)45-25-27-68(28-26-45)35-44-19-17-16-18-20-44/h16-22,25,30,38-43,47-48,51,54-59,72,75-76H,15,23-24,26-29,31-37H2,1-14H3/t38-,39-,40+,41-,42-,43+,47+,48?,51-,54+,55+,56+,57+,58-,59+,62-,63-,64+/m1/s1. The Hall–Kier alpha value is -4.65. The Morgan fingerprint density at radius 2 is 1.58 bits per heavy atom. The zero-order chi connectivity index (χ0) is 62.3. The number of hydrogen-bond donors (Lipinski definition) is 3. The van der Waals surface area contributed by atoms with Gasteiger partial charge in [-0.05, 0) is 131 Å². The van der Waals surface area contributed by atoms with E-state index in [9.17, 15) is 34.5 Å². The van der Waals surface area contributed by atoms with Crippen molar-refractivity contribution in [1.29, 1.82) is 0 Å². The predicted molar refractivity (Wildman–Crippen MR) is 315 cm³/mol. The van der Waals surface area contributed by atoms with Crippen molar-refractivity contribution in [2.24, 2.45) is 17.8 Å². The second kappa shape index (κ2) is 29.1. The number of anilines is 1. The molecule has 2 aromatic rings. The Morgan fingerprint density at radius 1 is 0.871 bits per heavy atom. The van der Waals surface area contributed by atoms with E-state index in [4.69, 9.17) is 42.6 Å². The lowest BCUT2D eigenvalue weighted by atomic mass is 9.77. The highest BCUT2D eigenvalue weighted by Gasteiger charge is 2.53. The van der Waals surface area contributed by atoms with Crippen molar-refractivity contribution < 1.29 is 81.5 Å². The molecule has 0 saturated carbocycles. The molecule has 0 spiro atoms. The summed E-state index contributed by atoms with van der Waals surface area (Å²) < 4.78 is 71.6. The molecule has 3 N–H and O–H groups in total. The molecule has 2 aromatic carbocycles. The molecule has 0 radical (unpaired) electrons. The molecule has 4 fully saturated rings. The summed E-state index contributed by atoms with van der Waals surface area (Å²) in [6.45, 7) is 20.1. The minimum absolute atomic E-state index is 0.00529. The van der Waals surface area contributed by atoms with E-state index in [0.29, 0.717) is 37.2 Å². The van der Waals surface area contributed by atoms with E-state index >= 15 is 4.39 Å². The predicted octanol–water partition coefficient (Wildman–Crippen LogP) is 7.26. The first-order valence-electron chi connectivity index (χ1n) is 30.5. The van der Waals surface area contributed by atoms with Gasteiger partial charge in [-0.25, -0.2) is 9.18 Å². The van der Waals surface area contributed by atoms with Gasteiger partial charge in [0.2, 0.25) is 0 Å². The van der Waals surface area contributed by atoms with Gasteiger partial charge in [0.05, 0.1) is 61.0 Å². The second-order valence-corrected chi connectivity index (χ2v) is 25.7. The number of aliphatic hydroxyl groups excluding tert-OH is 1. The number of halogens is 1. The van der Waals surface area contributed by atoms with Gasteiger partial charge in [0.25, 0.3) is 0 Å². The van der Waals surface area contributed by atoms with Crippen molar-refractivity contribution >= 4 is 35.3 Å². The zero-order valence-electron chi connectivity index (χ0n) is 52.6. The lowest BCUT2D eigenvalue weighted by Gasteiger charge is -2.48. The first-order valence-corrected chi connectivity index (χ1v) is 30.5. The van der Waals surface area contributed by atoms with Crippen LogP contribution in [0.1, 0.15) is 132 Å². The third-order valence-electron chi connectivity index (χ3n) is 18.3. The summed E-state index contributed by atoms with van der Waals surface area (Å²) in [5.74, 6) is -4.63. The SMILES string of the molecule is CC[C@H]1OC(=O)[C@H](C)[C@@H](O[C@H]2C[C@@](C)(OC)[C@@H](OC(=O)CCC(=O)OCC3CN(c4ccc(C5=CCN(Cc6ccccc6)CC5)c(F)c4)C(=O)O3)[C@H](C)O2)[C@H](C)[C@@H](O[C@H]2C[C@@H](N(C)C)C[C@@H](C)O2)[C@](C)(O)C[C@@H](C)CN(C)[C@H](C)[C@H](O)[C@@]1(C)O. The van der Waals surface area contributed by atoms with Crippen LogP contribution in [0.3, 0.4) is 0 Å². The molecule has 18 atom stereocenters. The summed E-state index contributed by atoms with van der Waals surface area (Å²) in [5, 5.41) is 36.4. The molecule has 5 aliphatic rings. The average Bonchev–Trinajstić information content (AvgIpc) is 3.06. The number of rotatable bonds is 17. The Kier molecular flexibility index (Phi) is 23.2. The molecular formula is C64H97FN4O16. The van der Waals surface area contributed by atoms with E-state index in [2.05, 4.69) is 21.9 Å². The van der Waals surface area contributed by atoms with Crippen LogP contribution in [-0.2, 0) is 63.6 Å². The van der Waals surface area contributed by atoms with Gasteiger partial charge < -0.3 is 67.8 Å². The molecule has 4 saturated heterocycles. The van der Waals surface area contributed by atoms with Gasteiger partial charge >= 0.3 is 24.0 Å². The highest BCUT2D eigenvalue weighted by molar-refractivity contribution is 5.90. The van der Waals surface area contributed by atoms with Gasteiger partial charge in [0, 0.05) is 69.7 Å². The molecular weight excluding hydrogens is 1100 g/mol. The topological polar surface area (TPSA) is 225 Å². The quantitative estimate of drug-likeness (QED) is 0.105. The van der Waals surface area contributed by atoms with Crippen LogP contribution in [-0.4, -0.2) is 205 Å². The van der Waals surface area contributed by atoms with Crippen LogP contribution in [0, 0.1) is 23.6 Å². The summed E-state index contributed by atoms with van der Waals surface area (Å²) in [5.41, 5.74) is -1.74. The monoisotopic (exact) mass is 1200 g/mol. The largest absolute Gasteiger partial charge is 0.462 e. The van der Waals surface area contributed by atoms with Crippen molar-refractivity contribution in [3.05, 3.63) is 71.6 Å². The first kappa shape index (κ1) is 67.9. The van der Waals surface area contributed by atoms with Crippen LogP contribution >= 0.6 is 0 Å². The molecule has 0 bridgehead atoms. The molecule has 85 heavy (non-hydrogen) atoms. The van der Waals surface area contributed by atoms with Crippen LogP contribution < -0.4 is 4.90 Å². The maximum Gasteiger partial charge on any atom is 0.414 e. The van der Waals surface area contributed by atoms with Gasteiger partial charge in [-0.3, -0.25) is 24.2 Å². The van der Waals surface area contributed by atoms with Crippen LogP contribution in [0.15, 0.2) is 54.6 Å². The van der Waals surface area contributed by atoms with E-state index < -0.39 is 120 Å². The number of carbonyl (C=O) groups excluding carboxylic acids is 4. The van der Waals surface area contributed by atoms with E-state index in [1.165, 1.54) is 30.6 Å². The molecule has 476 valence electrons.